The number of hydrogen-bond donors (Lipinski definition) is 2. The standard InChI is InChI=1S/C12H21N3O3/c1-13-12(17)10-8-14-4-5-15(10)11(16)7-9-3-2-6-18-9/h9-10,14H,2-8H2,1H3,(H,13,17). The lowest BCUT2D eigenvalue weighted by molar-refractivity contribution is -0.143. The van der Waals surface area contributed by atoms with E-state index in [1.54, 1.807) is 11.9 Å². The zero-order valence-electron chi connectivity index (χ0n) is 10.8. The van der Waals surface area contributed by atoms with E-state index in [9.17, 15) is 9.59 Å². The number of ether oxygens (including phenoxy) is 1. The number of carbonyl (C=O) groups excluding carboxylic acids is 2. The SMILES string of the molecule is CNC(=O)C1CNCCN1C(=O)CC1CCCO1. The Morgan fingerprint density at radius 1 is 1.50 bits per heavy atom. The summed E-state index contributed by atoms with van der Waals surface area (Å²) in [6, 6.07) is -0.391. The van der Waals surface area contributed by atoms with Crippen molar-refractivity contribution in [1.29, 1.82) is 0 Å². The van der Waals surface area contributed by atoms with Crippen LogP contribution in [-0.2, 0) is 14.3 Å². The lowest BCUT2D eigenvalue weighted by Crippen LogP contribution is -2.59. The number of piperazine rings is 1. The van der Waals surface area contributed by atoms with Crippen LogP contribution in [0.15, 0.2) is 0 Å². The number of rotatable bonds is 3. The molecule has 6 nitrogen and oxygen atoms in total. The lowest BCUT2D eigenvalue weighted by Gasteiger charge is -2.35. The van der Waals surface area contributed by atoms with Gasteiger partial charge < -0.3 is 20.3 Å². The molecule has 2 amide bonds. The molecule has 2 aliphatic heterocycles. The smallest absolute Gasteiger partial charge is 0.243 e. The third-order valence-electron chi connectivity index (χ3n) is 3.54. The van der Waals surface area contributed by atoms with Gasteiger partial charge in [-0.2, -0.15) is 0 Å². The van der Waals surface area contributed by atoms with Gasteiger partial charge in [0.05, 0.1) is 12.5 Å². The number of likely N-dealkylation sites (N-methyl/N-ethyl adjacent to an activating group) is 1. The number of hydrogen-bond acceptors (Lipinski definition) is 4. The van der Waals surface area contributed by atoms with Gasteiger partial charge in [0.15, 0.2) is 0 Å². The van der Waals surface area contributed by atoms with E-state index in [2.05, 4.69) is 10.6 Å². The summed E-state index contributed by atoms with van der Waals surface area (Å²) in [5.41, 5.74) is 0. The first-order valence-corrected chi connectivity index (χ1v) is 6.55. The molecule has 2 rings (SSSR count). The third kappa shape index (κ3) is 3.00. The molecule has 0 spiro atoms. The molecule has 18 heavy (non-hydrogen) atoms. The Bertz CT molecular complexity index is 316. The summed E-state index contributed by atoms with van der Waals surface area (Å²) in [6.07, 6.45) is 2.41. The zero-order chi connectivity index (χ0) is 13.0. The van der Waals surface area contributed by atoms with E-state index in [1.165, 1.54) is 0 Å². The molecule has 2 saturated heterocycles. The van der Waals surface area contributed by atoms with Gasteiger partial charge >= 0.3 is 0 Å². The Balaban J connectivity index is 1.94. The van der Waals surface area contributed by atoms with Crippen molar-refractivity contribution in [2.75, 3.05) is 33.3 Å². The van der Waals surface area contributed by atoms with Crippen LogP contribution in [0, 0.1) is 0 Å². The van der Waals surface area contributed by atoms with E-state index < -0.39 is 6.04 Å². The minimum absolute atomic E-state index is 0.0250. The summed E-state index contributed by atoms with van der Waals surface area (Å²) in [7, 11) is 1.60. The summed E-state index contributed by atoms with van der Waals surface area (Å²) in [4.78, 5) is 25.6. The highest BCUT2D eigenvalue weighted by atomic mass is 16.5. The second kappa shape index (κ2) is 6.15. The monoisotopic (exact) mass is 255 g/mol. The van der Waals surface area contributed by atoms with Crippen molar-refractivity contribution in [3.05, 3.63) is 0 Å². The van der Waals surface area contributed by atoms with E-state index in [4.69, 9.17) is 4.74 Å². The quantitative estimate of drug-likeness (QED) is 0.686. The van der Waals surface area contributed by atoms with Crippen LogP contribution in [-0.4, -0.2) is 62.1 Å². The van der Waals surface area contributed by atoms with Crippen molar-refractivity contribution >= 4 is 11.8 Å². The average molecular weight is 255 g/mol. The fourth-order valence-electron chi connectivity index (χ4n) is 2.52. The van der Waals surface area contributed by atoms with Gasteiger partial charge in [0.2, 0.25) is 11.8 Å². The van der Waals surface area contributed by atoms with Gasteiger partial charge in [0.1, 0.15) is 6.04 Å². The normalized spacial score (nSPS) is 28.2. The van der Waals surface area contributed by atoms with E-state index in [0.29, 0.717) is 19.5 Å². The minimum Gasteiger partial charge on any atom is -0.378 e. The van der Waals surface area contributed by atoms with Crippen molar-refractivity contribution in [3.8, 4) is 0 Å². The van der Waals surface area contributed by atoms with Crippen molar-refractivity contribution in [1.82, 2.24) is 15.5 Å². The van der Waals surface area contributed by atoms with E-state index in [0.717, 1.165) is 26.0 Å². The highest BCUT2D eigenvalue weighted by molar-refractivity contribution is 5.88. The van der Waals surface area contributed by atoms with Crippen molar-refractivity contribution in [2.24, 2.45) is 0 Å². The van der Waals surface area contributed by atoms with Crippen LogP contribution in [0.2, 0.25) is 0 Å². The van der Waals surface area contributed by atoms with Crippen LogP contribution in [0.1, 0.15) is 19.3 Å². The third-order valence-corrected chi connectivity index (χ3v) is 3.54. The van der Waals surface area contributed by atoms with Gasteiger partial charge in [-0.1, -0.05) is 0 Å². The van der Waals surface area contributed by atoms with Gasteiger partial charge in [-0.15, -0.1) is 0 Å². The molecule has 102 valence electrons. The zero-order valence-corrected chi connectivity index (χ0v) is 10.8. The summed E-state index contributed by atoms with van der Waals surface area (Å²) in [6.45, 7) is 2.60. The fraction of sp³-hybridized carbons (Fsp3) is 0.833. The summed E-state index contributed by atoms with van der Waals surface area (Å²) in [5, 5.41) is 5.75. The summed E-state index contributed by atoms with van der Waals surface area (Å²) >= 11 is 0. The van der Waals surface area contributed by atoms with Crippen molar-refractivity contribution < 1.29 is 14.3 Å². The topological polar surface area (TPSA) is 70.7 Å². The molecule has 0 aromatic heterocycles. The maximum Gasteiger partial charge on any atom is 0.243 e. The summed E-state index contributed by atoms with van der Waals surface area (Å²) in [5.74, 6) is -0.0834. The molecular formula is C12H21N3O3. The molecule has 0 bridgehead atoms. The van der Waals surface area contributed by atoms with Crippen LogP contribution in [0.25, 0.3) is 0 Å². The number of carbonyl (C=O) groups is 2. The predicted octanol–water partition coefficient (Wildman–Crippen LogP) is -0.898. The number of nitrogens with one attached hydrogen (secondary N) is 2. The van der Waals surface area contributed by atoms with Crippen LogP contribution < -0.4 is 10.6 Å². The van der Waals surface area contributed by atoms with Crippen LogP contribution in [0.3, 0.4) is 0 Å². The van der Waals surface area contributed by atoms with Crippen LogP contribution in [0.4, 0.5) is 0 Å². The second-order valence-corrected chi connectivity index (χ2v) is 4.76. The molecule has 0 aromatic rings. The molecule has 6 heteroatoms. The van der Waals surface area contributed by atoms with Gasteiger partial charge in [0, 0.05) is 33.3 Å². The summed E-state index contributed by atoms with van der Waals surface area (Å²) < 4.78 is 5.47. The molecule has 2 fully saturated rings. The maximum absolute atomic E-state index is 12.2. The Kier molecular flexibility index (Phi) is 4.54. The Hall–Kier alpha value is -1.14. The van der Waals surface area contributed by atoms with Crippen molar-refractivity contribution in [3.63, 3.8) is 0 Å². The second-order valence-electron chi connectivity index (χ2n) is 4.76. The maximum atomic E-state index is 12.2. The molecule has 2 atom stereocenters. The first-order valence-electron chi connectivity index (χ1n) is 6.55. The molecule has 2 N–H and O–H groups in total. The van der Waals surface area contributed by atoms with E-state index in [1.807, 2.05) is 0 Å². The Morgan fingerprint density at radius 3 is 3.00 bits per heavy atom. The molecule has 2 aliphatic rings. The van der Waals surface area contributed by atoms with Crippen LogP contribution >= 0.6 is 0 Å². The van der Waals surface area contributed by atoms with Gasteiger partial charge in [-0.05, 0) is 12.8 Å². The molecule has 2 heterocycles. The van der Waals surface area contributed by atoms with Gasteiger partial charge in [-0.25, -0.2) is 0 Å². The van der Waals surface area contributed by atoms with Gasteiger partial charge in [0.25, 0.3) is 0 Å². The highest BCUT2D eigenvalue weighted by Gasteiger charge is 2.32. The van der Waals surface area contributed by atoms with E-state index >= 15 is 0 Å². The fourth-order valence-corrected chi connectivity index (χ4v) is 2.52. The molecule has 0 radical (unpaired) electrons. The minimum atomic E-state index is -0.391. The lowest BCUT2D eigenvalue weighted by atomic mass is 10.1. The van der Waals surface area contributed by atoms with Crippen LogP contribution in [0.5, 0.6) is 0 Å². The van der Waals surface area contributed by atoms with Crippen molar-refractivity contribution in [2.45, 2.75) is 31.4 Å². The van der Waals surface area contributed by atoms with Gasteiger partial charge in [-0.3, -0.25) is 9.59 Å². The number of amides is 2. The predicted molar refractivity (Wildman–Crippen MR) is 66.0 cm³/mol. The highest BCUT2D eigenvalue weighted by Crippen LogP contribution is 2.17. The Labute approximate surface area is 107 Å². The molecule has 0 aliphatic carbocycles. The first kappa shape index (κ1) is 13.3. The number of nitrogens with zero attached hydrogens (tertiary/aromatic N) is 1. The molecule has 2 unspecified atom stereocenters. The molecule has 0 aromatic carbocycles. The Morgan fingerprint density at radius 2 is 2.33 bits per heavy atom. The average Bonchev–Trinajstić information content (AvgIpc) is 2.90. The van der Waals surface area contributed by atoms with E-state index in [-0.39, 0.29) is 17.9 Å². The molecular weight excluding hydrogens is 234 g/mol. The first-order chi connectivity index (χ1) is 8.72. The molecule has 0 saturated carbocycles. The largest absolute Gasteiger partial charge is 0.378 e.